The molecule has 0 saturated heterocycles. The van der Waals surface area contributed by atoms with E-state index in [0.29, 0.717) is 6.61 Å². The third-order valence-corrected chi connectivity index (χ3v) is 3.15. The standard InChI is InChI=1S/C16H23N3O/c1-4-17-12-15-6-5-7-16(11-15)20-9-8-19-14(3)10-13(2)18-19/h5-7,10-11,17H,4,8-9,12H2,1-3H3. The first-order chi connectivity index (χ1) is 9.69. The van der Waals surface area contributed by atoms with Gasteiger partial charge in [0.1, 0.15) is 12.4 Å². The molecule has 0 unspecified atom stereocenters. The Morgan fingerprint density at radius 1 is 1.25 bits per heavy atom. The molecule has 0 bridgehead atoms. The van der Waals surface area contributed by atoms with Crippen molar-refractivity contribution in [1.29, 1.82) is 0 Å². The highest BCUT2D eigenvalue weighted by Crippen LogP contribution is 2.13. The fourth-order valence-corrected chi connectivity index (χ4v) is 2.17. The van der Waals surface area contributed by atoms with Crippen molar-refractivity contribution in [3.63, 3.8) is 0 Å². The zero-order valence-corrected chi connectivity index (χ0v) is 12.5. The van der Waals surface area contributed by atoms with Gasteiger partial charge in [0, 0.05) is 12.2 Å². The number of aromatic nitrogens is 2. The van der Waals surface area contributed by atoms with E-state index in [2.05, 4.69) is 42.5 Å². The van der Waals surface area contributed by atoms with E-state index in [1.807, 2.05) is 23.7 Å². The second kappa shape index (κ2) is 7.10. The fourth-order valence-electron chi connectivity index (χ4n) is 2.17. The summed E-state index contributed by atoms with van der Waals surface area (Å²) in [5.41, 5.74) is 3.47. The van der Waals surface area contributed by atoms with E-state index in [1.54, 1.807) is 0 Å². The average molecular weight is 273 g/mol. The topological polar surface area (TPSA) is 39.1 Å². The lowest BCUT2D eigenvalue weighted by Crippen LogP contribution is -2.12. The Kier molecular flexibility index (Phi) is 5.18. The van der Waals surface area contributed by atoms with Crippen LogP contribution in [0.3, 0.4) is 0 Å². The van der Waals surface area contributed by atoms with E-state index < -0.39 is 0 Å². The predicted molar refractivity (Wildman–Crippen MR) is 81.0 cm³/mol. The Morgan fingerprint density at radius 3 is 2.80 bits per heavy atom. The highest BCUT2D eigenvalue weighted by Gasteiger charge is 2.01. The molecule has 1 heterocycles. The van der Waals surface area contributed by atoms with E-state index >= 15 is 0 Å². The third-order valence-electron chi connectivity index (χ3n) is 3.15. The van der Waals surface area contributed by atoms with Crippen molar-refractivity contribution in [2.75, 3.05) is 13.2 Å². The molecule has 0 atom stereocenters. The third kappa shape index (κ3) is 4.10. The zero-order valence-electron chi connectivity index (χ0n) is 12.5. The number of hydrogen-bond donors (Lipinski definition) is 1. The van der Waals surface area contributed by atoms with Gasteiger partial charge in [-0.25, -0.2) is 0 Å². The monoisotopic (exact) mass is 273 g/mol. The maximum Gasteiger partial charge on any atom is 0.119 e. The zero-order chi connectivity index (χ0) is 14.4. The summed E-state index contributed by atoms with van der Waals surface area (Å²) in [5, 5.41) is 7.74. The largest absolute Gasteiger partial charge is 0.492 e. The molecule has 2 rings (SSSR count). The van der Waals surface area contributed by atoms with Crippen LogP contribution in [0.4, 0.5) is 0 Å². The molecule has 0 aliphatic heterocycles. The van der Waals surface area contributed by atoms with Gasteiger partial charge in [-0.2, -0.15) is 5.10 Å². The number of nitrogens with one attached hydrogen (secondary N) is 1. The molecule has 20 heavy (non-hydrogen) atoms. The number of ether oxygens (including phenoxy) is 1. The molecule has 0 radical (unpaired) electrons. The van der Waals surface area contributed by atoms with Gasteiger partial charge in [0.25, 0.3) is 0 Å². The first kappa shape index (κ1) is 14.6. The molecular weight excluding hydrogens is 250 g/mol. The summed E-state index contributed by atoms with van der Waals surface area (Å²) in [6.45, 7) is 9.44. The summed E-state index contributed by atoms with van der Waals surface area (Å²) in [6, 6.07) is 10.3. The smallest absolute Gasteiger partial charge is 0.119 e. The Bertz CT molecular complexity index is 548. The fraction of sp³-hybridized carbons (Fsp3) is 0.438. The summed E-state index contributed by atoms with van der Waals surface area (Å²) in [4.78, 5) is 0. The van der Waals surface area contributed by atoms with Crippen LogP contribution >= 0.6 is 0 Å². The second-order valence-electron chi connectivity index (χ2n) is 4.93. The van der Waals surface area contributed by atoms with Gasteiger partial charge in [-0.15, -0.1) is 0 Å². The maximum absolute atomic E-state index is 5.81. The second-order valence-corrected chi connectivity index (χ2v) is 4.93. The van der Waals surface area contributed by atoms with Crippen molar-refractivity contribution in [3.8, 4) is 5.75 Å². The lowest BCUT2D eigenvalue weighted by Gasteiger charge is -2.09. The molecule has 4 heteroatoms. The molecule has 1 N–H and O–H groups in total. The van der Waals surface area contributed by atoms with Crippen LogP contribution in [0.25, 0.3) is 0 Å². The van der Waals surface area contributed by atoms with E-state index in [0.717, 1.165) is 31.1 Å². The van der Waals surface area contributed by atoms with Crippen molar-refractivity contribution in [3.05, 3.63) is 47.3 Å². The molecule has 0 fully saturated rings. The molecule has 0 aliphatic rings. The van der Waals surface area contributed by atoms with E-state index in [9.17, 15) is 0 Å². The van der Waals surface area contributed by atoms with E-state index in [4.69, 9.17) is 4.74 Å². The highest BCUT2D eigenvalue weighted by atomic mass is 16.5. The number of nitrogens with zero attached hydrogens (tertiary/aromatic N) is 2. The van der Waals surface area contributed by atoms with Crippen LogP contribution in [0.2, 0.25) is 0 Å². The minimum atomic E-state index is 0.632. The van der Waals surface area contributed by atoms with E-state index in [-0.39, 0.29) is 0 Å². The molecule has 0 spiro atoms. The molecule has 2 aromatic rings. The Balaban J connectivity index is 1.86. The number of rotatable bonds is 7. The van der Waals surface area contributed by atoms with Gasteiger partial charge in [0.05, 0.1) is 12.2 Å². The predicted octanol–water partition coefficient (Wildman–Crippen LogP) is 2.69. The molecule has 0 amide bonds. The summed E-state index contributed by atoms with van der Waals surface area (Å²) in [6.07, 6.45) is 0. The lowest BCUT2D eigenvalue weighted by molar-refractivity contribution is 0.289. The minimum absolute atomic E-state index is 0.632. The number of benzene rings is 1. The molecule has 1 aromatic heterocycles. The summed E-state index contributed by atoms with van der Waals surface area (Å²) < 4.78 is 7.79. The Hall–Kier alpha value is -1.81. The van der Waals surface area contributed by atoms with Gasteiger partial charge in [-0.1, -0.05) is 19.1 Å². The highest BCUT2D eigenvalue weighted by molar-refractivity contribution is 5.28. The lowest BCUT2D eigenvalue weighted by atomic mass is 10.2. The van der Waals surface area contributed by atoms with Crippen LogP contribution in [-0.4, -0.2) is 22.9 Å². The summed E-state index contributed by atoms with van der Waals surface area (Å²) >= 11 is 0. The molecule has 108 valence electrons. The minimum Gasteiger partial charge on any atom is -0.492 e. The van der Waals surface area contributed by atoms with Crippen molar-refractivity contribution < 1.29 is 4.74 Å². The number of aryl methyl sites for hydroxylation is 2. The van der Waals surface area contributed by atoms with Crippen LogP contribution in [0, 0.1) is 13.8 Å². The van der Waals surface area contributed by atoms with Crippen LogP contribution in [0.15, 0.2) is 30.3 Å². The SMILES string of the molecule is CCNCc1cccc(OCCn2nc(C)cc2C)c1. The van der Waals surface area contributed by atoms with Crippen LogP contribution < -0.4 is 10.1 Å². The van der Waals surface area contributed by atoms with Crippen molar-refractivity contribution in [2.24, 2.45) is 0 Å². The first-order valence-electron chi connectivity index (χ1n) is 7.12. The quantitative estimate of drug-likeness (QED) is 0.843. The first-order valence-corrected chi connectivity index (χ1v) is 7.12. The Morgan fingerprint density at radius 2 is 2.10 bits per heavy atom. The average Bonchev–Trinajstić information content (AvgIpc) is 2.75. The van der Waals surface area contributed by atoms with Crippen molar-refractivity contribution in [2.45, 2.75) is 33.9 Å². The van der Waals surface area contributed by atoms with E-state index in [1.165, 1.54) is 11.3 Å². The molecule has 0 aliphatic carbocycles. The normalized spacial score (nSPS) is 10.8. The molecule has 0 saturated carbocycles. The van der Waals surface area contributed by atoms with Crippen molar-refractivity contribution in [1.82, 2.24) is 15.1 Å². The van der Waals surface area contributed by atoms with Gasteiger partial charge in [-0.05, 0) is 44.2 Å². The van der Waals surface area contributed by atoms with Crippen LogP contribution in [0.1, 0.15) is 23.9 Å². The molecule has 4 nitrogen and oxygen atoms in total. The van der Waals surface area contributed by atoms with Gasteiger partial charge < -0.3 is 10.1 Å². The van der Waals surface area contributed by atoms with Crippen LogP contribution in [-0.2, 0) is 13.1 Å². The summed E-state index contributed by atoms with van der Waals surface area (Å²) in [7, 11) is 0. The van der Waals surface area contributed by atoms with Gasteiger partial charge in [0.2, 0.25) is 0 Å². The van der Waals surface area contributed by atoms with Crippen LogP contribution in [0.5, 0.6) is 5.75 Å². The number of hydrogen-bond acceptors (Lipinski definition) is 3. The van der Waals surface area contributed by atoms with Gasteiger partial charge in [0.15, 0.2) is 0 Å². The van der Waals surface area contributed by atoms with Gasteiger partial charge >= 0.3 is 0 Å². The van der Waals surface area contributed by atoms with Crippen molar-refractivity contribution >= 4 is 0 Å². The maximum atomic E-state index is 5.81. The summed E-state index contributed by atoms with van der Waals surface area (Å²) in [5.74, 6) is 0.918. The Labute approximate surface area is 120 Å². The van der Waals surface area contributed by atoms with Gasteiger partial charge in [-0.3, -0.25) is 4.68 Å². The molecular formula is C16H23N3O. The molecule has 1 aromatic carbocycles.